The second kappa shape index (κ2) is 9.84. The lowest BCUT2D eigenvalue weighted by atomic mass is 9.86. The molecule has 0 spiro atoms. The first kappa shape index (κ1) is 24.7. The maximum atomic E-state index is 13.4. The number of piperidine rings is 1. The van der Waals surface area contributed by atoms with E-state index in [-0.39, 0.29) is 23.9 Å². The summed E-state index contributed by atoms with van der Waals surface area (Å²) in [4.78, 5) is 38.7. The van der Waals surface area contributed by atoms with Gasteiger partial charge in [0.2, 0.25) is 11.8 Å². The number of rotatable bonds is 6. The first-order valence-electron chi connectivity index (χ1n) is 12.6. The van der Waals surface area contributed by atoms with E-state index in [1.165, 1.54) is 12.4 Å². The minimum Gasteiger partial charge on any atom is -0.368 e. The molecule has 1 aliphatic carbocycles. The number of carbonyl (C=O) groups is 2. The van der Waals surface area contributed by atoms with Gasteiger partial charge in [0.25, 0.3) is 0 Å². The Morgan fingerprint density at radius 2 is 1.81 bits per heavy atom. The van der Waals surface area contributed by atoms with Crippen molar-refractivity contribution in [2.24, 2.45) is 5.73 Å². The van der Waals surface area contributed by atoms with Crippen molar-refractivity contribution in [1.82, 2.24) is 19.8 Å². The average Bonchev–Trinajstić information content (AvgIpc) is 2.82. The fourth-order valence-corrected chi connectivity index (χ4v) is 5.92. The zero-order chi connectivity index (χ0) is 25.4. The van der Waals surface area contributed by atoms with Crippen LogP contribution in [-0.4, -0.2) is 75.9 Å². The number of likely N-dealkylation sites (tertiary alicyclic amines) is 2. The molecule has 1 saturated carbocycles. The van der Waals surface area contributed by atoms with Crippen LogP contribution in [0.15, 0.2) is 24.5 Å². The number of nitrogens with zero attached hydrogens (tertiary/aromatic N) is 5. The maximum absolute atomic E-state index is 13.4. The molecule has 0 atom stereocenters. The molecule has 36 heavy (non-hydrogen) atoms. The van der Waals surface area contributed by atoms with Gasteiger partial charge in [0, 0.05) is 43.5 Å². The summed E-state index contributed by atoms with van der Waals surface area (Å²) in [5.41, 5.74) is 5.11. The van der Waals surface area contributed by atoms with E-state index in [0.717, 1.165) is 57.2 Å². The van der Waals surface area contributed by atoms with Crippen LogP contribution in [0.2, 0.25) is 0 Å². The van der Waals surface area contributed by atoms with Gasteiger partial charge in [-0.1, -0.05) is 0 Å². The Morgan fingerprint density at radius 1 is 1.08 bits per heavy atom. The summed E-state index contributed by atoms with van der Waals surface area (Å²) in [6.45, 7) is 2.08. The minimum atomic E-state index is -4.50. The number of hydrogen-bond acceptors (Lipinski definition) is 6. The van der Waals surface area contributed by atoms with Crippen LogP contribution >= 0.6 is 0 Å². The lowest BCUT2D eigenvalue weighted by molar-refractivity contribution is -0.138. The van der Waals surface area contributed by atoms with Crippen LogP contribution in [0.3, 0.4) is 0 Å². The highest BCUT2D eigenvalue weighted by Crippen LogP contribution is 2.36. The highest BCUT2D eigenvalue weighted by molar-refractivity contribution is 5.92. The van der Waals surface area contributed by atoms with Crippen molar-refractivity contribution in [2.45, 2.75) is 69.2 Å². The minimum absolute atomic E-state index is 0.0912. The molecule has 2 aliphatic heterocycles. The number of fused-ring (bicyclic) bond motifs is 1. The third kappa shape index (κ3) is 4.98. The number of carbonyl (C=O) groups excluding carboxylic acids is 2. The number of anilines is 1. The van der Waals surface area contributed by atoms with Crippen LogP contribution in [0.4, 0.5) is 19.0 Å². The number of halogens is 3. The van der Waals surface area contributed by atoms with E-state index in [4.69, 9.17) is 5.73 Å². The number of amides is 2. The van der Waals surface area contributed by atoms with Crippen LogP contribution < -0.4 is 10.6 Å². The number of primary amides is 1. The van der Waals surface area contributed by atoms with Gasteiger partial charge in [-0.05, 0) is 56.7 Å². The Kier molecular flexibility index (Phi) is 6.76. The Morgan fingerprint density at radius 3 is 2.47 bits per heavy atom. The monoisotopic (exact) mass is 504 g/mol. The molecule has 5 rings (SSSR count). The molecule has 3 fully saturated rings. The molecule has 1 aromatic heterocycles. The Bertz CT molecular complexity index is 1130. The molecule has 194 valence electrons. The summed E-state index contributed by atoms with van der Waals surface area (Å²) in [7, 11) is 0. The van der Waals surface area contributed by atoms with Gasteiger partial charge in [0.15, 0.2) is 0 Å². The van der Waals surface area contributed by atoms with E-state index >= 15 is 0 Å². The molecule has 0 radical (unpaired) electrons. The predicted octanol–water partition coefficient (Wildman–Crippen LogP) is 2.95. The summed E-state index contributed by atoms with van der Waals surface area (Å²) in [6, 6.07) is 3.99. The molecule has 2 aromatic rings. The highest BCUT2D eigenvalue weighted by atomic mass is 19.4. The van der Waals surface area contributed by atoms with Crippen LogP contribution in [-0.2, 0) is 15.8 Å². The summed E-state index contributed by atoms with van der Waals surface area (Å²) in [6.07, 6.45) is 3.51. The molecule has 2 N–H and O–H groups in total. The quantitative estimate of drug-likeness (QED) is 0.650. The van der Waals surface area contributed by atoms with E-state index in [9.17, 15) is 22.8 Å². The average molecular weight is 505 g/mol. The standard InChI is InChI=1S/C25H31F3N6O2/c26-25(27,28)16-4-9-21-20(11-16)24(31-15-30-21)34(14-22(29)35)19-12-32(13-19)17-5-7-18(8-6-17)33-10-2-1-3-23(33)36/h4,9,11,15,17-19H,1-3,5-8,10,12-14H2,(H2,29,35). The second-order valence-corrected chi connectivity index (χ2v) is 10.1. The Labute approximate surface area is 207 Å². The van der Waals surface area contributed by atoms with Gasteiger partial charge in [0.1, 0.15) is 12.1 Å². The predicted molar refractivity (Wildman–Crippen MR) is 128 cm³/mol. The van der Waals surface area contributed by atoms with E-state index < -0.39 is 17.6 Å². The zero-order valence-electron chi connectivity index (χ0n) is 20.1. The fourth-order valence-electron chi connectivity index (χ4n) is 5.92. The van der Waals surface area contributed by atoms with Gasteiger partial charge in [-0.2, -0.15) is 13.2 Å². The van der Waals surface area contributed by atoms with Crippen molar-refractivity contribution in [2.75, 3.05) is 31.1 Å². The highest BCUT2D eigenvalue weighted by Gasteiger charge is 2.40. The Hall–Kier alpha value is -2.95. The van der Waals surface area contributed by atoms with Gasteiger partial charge < -0.3 is 15.5 Å². The molecular weight excluding hydrogens is 473 g/mol. The molecule has 3 aliphatic rings. The maximum Gasteiger partial charge on any atom is 0.416 e. The molecule has 1 aromatic carbocycles. The lowest BCUT2D eigenvalue weighted by Crippen LogP contribution is -2.64. The first-order valence-corrected chi connectivity index (χ1v) is 12.6. The molecule has 8 nitrogen and oxygen atoms in total. The van der Waals surface area contributed by atoms with Crippen LogP contribution in [0.25, 0.3) is 10.9 Å². The third-order valence-electron chi connectivity index (χ3n) is 7.85. The molecule has 2 saturated heterocycles. The van der Waals surface area contributed by atoms with Crippen molar-refractivity contribution in [1.29, 1.82) is 0 Å². The third-order valence-corrected chi connectivity index (χ3v) is 7.85. The van der Waals surface area contributed by atoms with Crippen LogP contribution in [0, 0.1) is 0 Å². The van der Waals surface area contributed by atoms with Gasteiger partial charge in [0.05, 0.1) is 23.7 Å². The van der Waals surface area contributed by atoms with Crippen molar-refractivity contribution in [3.05, 3.63) is 30.1 Å². The number of alkyl halides is 3. The van der Waals surface area contributed by atoms with Crippen LogP contribution in [0.1, 0.15) is 50.5 Å². The van der Waals surface area contributed by atoms with Crippen molar-refractivity contribution in [3.63, 3.8) is 0 Å². The second-order valence-electron chi connectivity index (χ2n) is 10.1. The smallest absolute Gasteiger partial charge is 0.368 e. The van der Waals surface area contributed by atoms with E-state index in [2.05, 4.69) is 19.8 Å². The number of nitrogens with two attached hydrogens (primary N) is 1. The number of benzene rings is 1. The van der Waals surface area contributed by atoms with Crippen molar-refractivity contribution in [3.8, 4) is 0 Å². The van der Waals surface area contributed by atoms with Crippen LogP contribution in [0.5, 0.6) is 0 Å². The summed E-state index contributed by atoms with van der Waals surface area (Å²) >= 11 is 0. The zero-order valence-corrected chi connectivity index (χ0v) is 20.1. The van der Waals surface area contributed by atoms with Gasteiger partial charge in [-0.3, -0.25) is 14.5 Å². The van der Waals surface area contributed by atoms with Gasteiger partial charge in [-0.15, -0.1) is 0 Å². The molecule has 0 bridgehead atoms. The number of hydrogen-bond donors (Lipinski definition) is 1. The molecular formula is C25H31F3N6O2. The topological polar surface area (TPSA) is 95.7 Å². The largest absolute Gasteiger partial charge is 0.416 e. The number of aromatic nitrogens is 2. The summed E-state index contributed by atoms with van der Waals surface area (Å²) in [5, 5.41) is 0.249. The molecule has 0 unspecified atom stereocenters. The normalized spacial score (nSPS) is 24.1. The van der Waals surface area contributed by atoms with E-state index in [1.54, 1.807) is 4.90 Å². The van der Waals surface area contributed by atoms with E-state index in [1.807, 2.05) is 0 Å². The molecule has 2 amide bonds. The fraction of sp³-hybridized carbons (Fsp3) is 0.600. The molecule has 11 heteroatoms. The van der Waals surface area contributed by atoms with Crippen molar-refractivity contribution < 1.29 is 22.8 Å². The van der Waals surface area contributed by atoms with Gasteiger partial charge >= 0.3 is 6.18 Å². The Balaban J connectivity index is 1.28. The van der Waals surface area contributed by atoms with E-state index in [0.29, 0.717) is 42.9 Å². The SMILES string of the molecule is NC(=O)CN(c1ncnc2ccc(C(F)(F)F)cc12)C1CN(C2CCC(N3CCCCC3=O)CC2)C1. The first-order chi connectivity index (χ1) is 17.2. The summed E-state index contributed by atoms with van der Waals surface area (Å²) in [5.74, 6) is 0.00216. The van der Waals surface area contributed by atoms with Gasteiger partial charge in [-0.25, -0.2) is 9.97 Å². The lowest BCUT2D eigenvalue weighted by Gasteiger charge is -2.51. The van der Waals surface area contributed by atoms with Crippen molar-refractivity contribution >= 4 is 28.5 Å². The molecule has 3 heterocycles. The summed E-state index contributed by atoms with van der Waals surface area (Å²) < 4.78 is 40.1.